The minimum absolute atomic E-state index is 0.0207. The second-order valence-electron chi connectivity index (χ2n) is 6.63. The summed E-state index contributed by atoms with van der Waals surface area (Å²) in [5.74, 6) is -0.256. The van der Waals surface area contributed by atoms with Gasteiger partial charge >= 0.3 is 0 Å². The molecule has 0 spiro atoms. The summed E-state index contributed by atoms with van der Waals surface area (Å²) in [5.41, 5.74) is 3.58. The van der Waals surface area contributed by atoms with Gasteiger partial charge in [-0.1, -0.05) is 6.07 Å². The van der Waals surface area contributed by atoms with E-state index >= 15 is 0 Å². The first-order chi connectivity index (χ1) is 12.1. The van der Waals surface area contributed by atoms with Gasteiger partial charge in [0.25, 0.3) is 0 Å². The van der Waals surface area contributed by atoms with Crippen molar-refractivity contribution in [3.63, 3.8) is 0 Å². The number of carbonyl (C=O) groups is 1. The van der Waals surface area contributed by atoms with E-state index in [9.17, 15) is 9.18 Å². The van der Waals surface area contributed by atoms with Crippen LogP contribution in [-0.2, 0) is 0 Å². The van der Waals surface area contributed by atoms with Crippen molar-refractivity contribution < 1.29 is 13.9 Å². The van der Waals surface area contributed by atoms with Crippen LogP contribution in [0.25, 0.3) is 5.57 Å². The lowest BCUT2D eigenvalue weighted by Crippen LogP contribution is -2.12. The number of aldehydes is 1. The van der Waals surface area contributed by atoms with Crippen molar-refractivity contribution >= 4 is 11.9 Å². The van der Waals surface area contributed by atoms with Crippen molar-refractivity contribution in [3.8, 4) is 5.75 Å². The first-order valence-corrected chi connectivity index (χ1v) is 8.71. The summed E-state index contributed by atoms with van der Waals surface area (Å²) in [6.07, 6.45) is 8.46. The van der Waals surface area contributed by atoms with E-state index in [2.05, 4.69) is 23.4 Å². The highest BCUT2D eigenvalue weighted by Gasteiger charge is 2.19. The Kier molecular flexibility index (Phi) is 5.31. The fraction of sp³-hybridized carbons (Fsp3) is 0.400. The third kappa shape index (κ3) is 3.65. The van der Waals surface area contributed by atoms with Gasteiger partial charge in [-0.05, 0) is 62.8 Å². The Hall–Kier alpha value is -2.43. The molecule has 0 fully saturated rings. The summed E-state index contributed by atoms with van der Waals surface area (Å²) in [6, 6.07) is 4.79. The van der Waals surface area contributed by atoms with Crippen LogP contribution < -0.4 is 4.74 Å². The quantitative estimate of drug-likeness (QED) is 0.707. The lowest BCUT2D eigenvalue weighted by Gasteiger charge is -2.23. The molecule has 0 aliphatic heterocycles. The molecule has 0 saturated heterocycles. The maximum Gasteiger partial charge on any atom is 0.156 e. The Morgan fingerprint density at radius 3 is 2.88 bits per heavy atom. The van der Waals surface area contributed by atoms with Gasteiger partial charge in [-0.15, -0.1) is 0 Å². The first-order valence-electron chi connectivity index (χ1n) is 8.71. The first kappa shape index (κ1) is 17.4. The number of carbonyl (C=O) groups excluding carboxylic acids is 1. The van der Waals surface area contributed by atoms with Gasteiger partial charge in [-0.3, -0.25) is 4.79 Å². The lowest BCUT2D eigenvalue weighted by atomic mass is 9.90. The fourth-order valence-electron chi connectivity index (χ4n) is 3.31. The molecule has 1 heterocycles. The SMILES string of the molecule is CC(C)n1cncc1C1=C(COc2cccc(F)c2C=O)CCCC1. The number of ether oxygens (including phenoxy) is 1. The maximum atomic E-state index is 13.7. The summed E-state index contributed by atoms with van der Waals surface area (Å²) in [7, 11) is 0. The van der Waals surface area contributed by atoms with Crippen molar-refractivity contribution in [2.75, 3.05) is 6.61 Å². The number of halogens is 1. The van der Waals surface area contributed by atoms with Gasteiger partial charge in [-0.2, -0.15) is 0 Å². The van der Waals surface area contributed by atoms with Gasteiger partial charge < -0.3 is 9.30 Å². The second kappa shape index (κ2) is 7.64. The average molecular weight is 342 g/mol. The second-order valence-corrected chi connectivity index (χ2v) is 6.63. The number of nitrogens with zero attached hydrogens (tertiary/aromatic N) is 2. The standard InChI is InChI=1S/C20H23FN2O2/c1-14(2)23-13-22-10-19(23)16-7-4-3-6-15(16)12-25-20-9-5-8-18(21)17(20)11-24/h5,8-11,13-14H,3-4,6-7,12H2,1-2H3. The molecule has 1 aliphatic carbocycles. The van der Waals surface area contributed by atoms with Crippen LogP contribution in [0, 0.1) is 5.82 Å². The van der Waals surface area contributed by atoms with Gasteiger partial charge in [-0.25, -0.2) is 9.37 Å². The summed E-state index contributed by atoms with van der Waals surface area (Å²) in [6.45, 7) is 4.63. The molecule has 1 aliphatic rings. The molecule has 1 aromatic carbocycles. The smallest absolute Gasteiger partial charge is 0.156 e. The molecule has 0 saturated carbocycles. The molecule has 4 nitrogen and oxygen atoms in total. The molecular weight excluding hydrogens is 319 g/mol. The molecule has 5 heteroatoms. The highest BCUT2D eigenvalue weighted by molar-refractivity contribution is 5.79. The summed E-state index contributed by atoms with van der Waals surface area (Å²) < 4.78 is 21.7. The zero-order valence-electron chi connectivity index (χ0n) is 14.7. The Labute approximate surface area is 147 Å². The van der Waals surface area contributed by atoms with E-state index in [1.807, 2.05) is 12.5 Å². The van der Waals surface area contributed by atoms with Crippen molar-refractivity contribution in [1.82, 2.24) is 9.55 Å². The number of hydrogen-bond donors (Lipinski definition) is 0. The Bertz CT molecular complexity index is 793. The van der Waals surface area contributed by atoms with Crippen molar-refractivity contribution in [2.24, 2.45) is 0 Å². The van der Waals surface area contributed by atoms with E-state index in [-0.39, 0.29) is 5.56 Å². The molecule has 0 unspecified atom stereocenters. The molecule has 3 rings (SSSR count). The van der Waals surface area contributed by atoms with Crippen LogP contribution in [0.2, 0.25) is 0 Å². The van der Waals surface area contributed by atoms with Gasteiger partial charge in [0.2, 0.25) is 0 Å². The summed E-state index contributed by atoms with van der Waals surface area (Å²) >= 11 is 0. The molecule has 2 aromatic rings. The third-order valence-electron chi connectivity index (χ3n) is 4.65. The van der Waals surface area contributed by atoms with Crippen molar-refractivity contribution in [1.29, 1.82) is 0 Å². The molecule has 0 bridgehead atoms. The largest absolute Gasteiger partial charge is 0.488 e. The van der Waals surface area contributed by atoms with E-state index in [1.165, 1.54) is 17.2 Å². The topological polar surface area (TPSA) is 44.1 Å². The Balaban J connectivity index is 1.89. The lowest BCUT2D eigenvalue weighted by molar-refractivity contribution is 0.111. The number of imidazole rings is 1. The minimum Gasteiger partial charge on any atom is -0.488 e. The highest BCUT2D eigenvalue weighted by atomic mass is 19.1. The van der Waals surface area contributed by atoms with Crippen LogP contribution in [0.5, 0.6) is 5.75 Å². The maximum absolute atomic E-state index is 13.7. The number of benzene rings is 1. The van der Waals surface area contributed by atoms with Crippen LogP contribution in [0.1, 0.15) is 61.6 Å². The Morgan fingerprint density at radius 1 is 1.32 bits per heavy atom. The predicted octanol–water partition coefficient (Wildman–Crippen LogP) is 4.82. The van der Waals surface area contributed by atoms with Crippen molar-refractivity contribution in [3.05, 3.63) is 53.4 Å². The third-order valence-corrected chi connectivity index (χ3v) is 4.65. The van der Waals surface area contributed by atoms with Crippen LogP contribution in [0.15, 0.2) is 36.3 Å². The fourth-order valence-corrected chi connectivity index (χ4v) is 3.31. The summed E-state index contributed by atoms with van der Waals surface area (Å²) in [4.78, 5) is 15.4. The van der Waals surface area contributed by atoms with E-state index in [4.69, 9.17) is 4.74 Å². The molecule has 0 N–H and O–H groups in total. The van der Waals surface area contributed by atoms with E-state index in [1.54, 1.807) is 12.1 Å². The van der Waals surface area contributed by atoms with E-state index in [0.29, 0.717) is 24.7 Å². The average Bonchev–Trinajstić information content (AvgIpc) is 3.10. The van der Waals surface area contributed by atoms with Gasteiger partial charge in [0.1, 0.15) is 18.2 Å². The van der Waals surface area contributed by atoms with Crippen LogP contribution in [-0.4, -0.2) is 22.4 Å². The minimum atomic E-state index is -0.553. The number of rotatable bonds is 6. The molecule has 132 valence electrons. The van der Waals surface area contributed by atoms with Gasteiger partial charge in [0.15, 0.2) is 6.29 Å². The Morgan fingerprint density at radius 2 is 2.12 bits per heavy atom. The molecule has 1 aromatic heterocycles. The van der Waals surface area contributed by atoms with E-state index in [0.717, 1.165) is 31.4 Å². The monoisotopic (exact) mass is 342 g/mol. The molecule has 0 radical (unpaired) electrons. The molecule has 0 atom stereocenters. The van der Waals surface area contributed by atoms with Gasteiger partial charge in [0.05, 0.1) is 23.8 Å². The number of allylic oxidation sites excluding steroid dienone is 1. The van der Waals surface area contributed by atoms with Crippen LogP contribution >= 0.6 is 0 Å². The normalized spacial score (nSPS) is 14.9. The number of hydrogen-bond acceptors (Lipinski definition) is 3. The van der Waals surface area contributed by atoms with Crippen molar-refractivity contribution in [2.45, 2.75) is 45.6 Å². The summed E-state index contributed by atoms with van der Waals surface area (Å²) in [5, 5.41) is 0. The van der Waals surface area contributed by atoms with Crippen LogP contribution in [0.3, 0.4) is 0 Å². The molecule has 25 heavy (non-hydrogen) atoms. The molecule has 0 amide bonds. The number of aromatic nitrogens is 2. The molecular formula is C20H23FN2O2. The van der Waals surface area contributed by atoms with E-state index < -0.39 is 5.82 Å². The zero-order chi connectivity index (χ0) is 17.8. The van der Waals surface area contributed by atoms with Gasteiger partial charge in [0, 0.05) is 6.04 Å². The zero-order valence-corrected chi connectivity index (χ0v) is 14.7. The highest BCUT2D eigenvalue weighted by Crippen LogP contribution is 2.34. The predicted molar refractivity (Wildman–Crippen MR) is 95.3 cm³/mol. The van der Waals surface area contributed by atoms with Crippen LogP contribution in [0.4, 0.5) is 4.39 Å².